The summed E-state index contributed by atoms with van der Waals surface area (Å²) in [5, 5.41) is 0. The molecule has 0 radical (unpaired) electrons. The van der Waals surface area contributed by atoms with Gasteiger partial charge in [0.2, 0.25) is 0 Å². The van der Waals surface area contributed by atoms with Crippen molar-refractivity contribution in [2.45, 2.75) is 38.0 Å². The predicted molar refractivity (Wildman–Crippen MR) is 73.9 cm³/mol. The summed E-state index contributed by atoms with van der Waals surface area (Å²) in [4.78, 5) is 10.7. The second-order valence-corrected chi connectivity index (χ2v) is 7.51. The highest BCUT2D eigenvalue weighted by molar-refractivity contribution is 7.93. The number of aldehydes is 1. The third kappa shape index (κ3) is 4.28. The molecule has 19 heavy (non-hydrogen) atoms. The Labute approximate surface area is 115 Å². The summed E-state index contributed by atoms with van der Waals surface area (Å²) < 4.78 is 33.0. The zero-order valence-electron chi connectivity index (χ0n) is 11.6. The maximum absolute atomic E-state index is 13.7. The molecule has 0 aliphatic heterocycles. The molecule has 2 nitrogen and oxygen atoms in total. The van der Waals surface area contributed by atoms with E-state index >= 15 is 0 Å². The van der Waals surface area contributed by atoms with Gasteiger partial charge in [-0.15, -0.1) is 0 Å². The number of benzene rings is 1. The molecule has 1 aromatic rings. The first kappa shape index (κ1) is 16.1. The molecule has 1 aromatic carbocycles. The number of halogens is 2. The van der Waals surface area contributed by atoms with Gasteiger partial charge in [0.25, 0.3) is 0 Å². The molecule has 5 heteroatoms. The molecule has 1 rings (SSSR count). The highest BCUT2D eigenvalue weighted by Crippen LogP contribution is 2.31. The van der Waals surface area contributed by atoms with Gasteiger partial charge in [-0.2, -0.15) is 4.18 Å². The largest absolute Gasteiger partial charge is 0.303 e. The Hall–Kier alpha value is -0.940. The number of carbonyl (C=O) groups excluding carboxylic acids is 1. The zero-order chi connectivity index (χ0) is 14.6. The molecule has 0 N–H and O–H groups in total. The van der Waals surface area contributed by atoms with Gasteiger partial charge >= 0.3 is 0 Å². The van der Waals surface area contributed by atoms with Crippen LogP contribution in [0.1, 0.15) is 38.9 Å². The van der Waals surface area contributed by atoms with Gasteiger partial charge in [0.05, 0.1) is 5.56 Å². The van der Waals surface area contributed by atoms with Crippen LogP contribution < -0.4 is 0 Å². The number of rotatable bonds is 5. The Morgan fingerprint density at radius 2 is 1.84 bits per heavy atom. The van der Waals surface area contributed by atoms with Crippen molar-refractivity contribution in [2.75, 3.05) is 6.26 Å². The number of carbonyl (C=O) groups is 1. The summed E-state index contributed by atoms with van der Waals surface area (Å²) in [7, 11) is 0. The molecule has 0 amide bonds. The van der Waals surface area contributed by atoms with Crippen LogP contribution in [0.3, 0.4) is 0 Å². The van der Waals surface area contributed by atoms with E-state index in [0.29, 0.717) is 6.29 Å². The number of hydrogen-bond acceptors (Lipinski definition) is 2. The normalized spacial score (nSPS) is 15.1. The quantitative estimate of drug-likeness (QED) is 0.612. The lowest BCUT2D eigenvalue weighted by atomic mass is 10.1. The van der Waals surface area contributed by atoms with Gasteiger partial charge in [0.15, 0.2) is 10.9 Å². The van der Waals surface area contributed by atoms with Crippen LogP contribution in [0.2, 0.25) is 0 Å². The van der Waals surface area contributed by atoms with Crippen LogP contribution >= 0.6 is 0 Å². The molecular weight excluding hydrogens is 270 g/mol. The van der Waals surface area contributed by atoms with Crippen molar-refractivity contribution in [1.29, 1.82) is 0 Å². The van der Waals surface area contributed by atoms with E-state index in [2.05, 4.69) is 0 Å². The van der Waals surface area contributed by atoms with Crippen LogP contribution in [0.4, 0.5) is 8.78 Å². The lowest BCUT2D eigenvalue weighted by molar-refractivity contribution is -0.109. The van der Waals surface area contributed by atoms with E-state index in [-0.39, 0.29) is 16.7 Å². The maximum Gasteiger partial charge on any atom is 0.152 e. The van der Waals surface area contributed by atoms with Gasteiger partial charge in [-0.1, -0.05) is 6.07 Å². The van der Waals surface area contributed by atoms with Crippen LogP contribution in [0.5, 0.6) is 0 Å². The highest BCUT2D eigenvalue weighted by Gasteiger charge is 2.36. The SMILES string of the molecule is C[S+](OC(CC=O)c1c(F)cccc1F)C(C)(C)C. The summed E-state index contributed by atoms with van der Waals surface area (Å²) >= 11 is -0.528. The molecule has 0 saturated carbocycles. The summed E-state index contributed by atoms with van der Waals surface area (Å²) in [5.41, 5.74) is -0.168. The van der Waals surface area contributed by atoms with Gasteiger partial charge in [-0.25, -0.2) is 8.78 Å². The first-order valence-electron chi connectivity index (χ1n) is 5.98. The fourth-order valence-electron chi connectivity index (χ4n) is 1.43. The predicted octanol–water partition coefficient (Wildman–Crippen LogP) is 3.57. The molecule has 0 aliphatic carbocycles. The number of hydrogen-bond donors (Lipinski definition) is 0. The average Bonchev–Trinajstić information content (AvgIpc) is 2.27. The van der Waals surface area contributed by atoms with Gasteiger partial charge < -0.3 is 4.79 Å². The fourth-order valence-corrected chi connectivity index (χ4v) is 2.24. The molecule has 0 aliphatic rings. The van der Waals surface area contributed by atoms with Crippen LogP contribution in [0.25, 0.3) is 0 Å². The Morgan fingerprint density at radius 3 is 2.26 bits per heavy atom. The van der Waals surface area contributed by atoms with E-state index in [1.165, 1.54) is 18.2 Å². The van der Waals surface area contributed by atoms with Gasteiger partial charge in [-0.3, -0.25) is 0 Å². The molecule has 0 spiro atoms. The second kappa shape index (κ2) is 6.48. The maximum atomic E-state index is 13.7. The van der Waals surface area contributed by atoms with Gasteiger partial charge in [0.1, 0.15) is 35.4 Å². The summed E-state index contributed by atoms with van der Waals surface area (Å²) in [5.74, 6) is -1.37. The molecule has 0 aromatic heterocycles. The lowest BCUT2D eigenvalue weighted by Gasteiger charge is -2.21. The van der Waals surface area contributed by atoms with Crippen molar-refractivity contribution in [3.63, 3.8) is 0 Å². The molecular formula is C14H19F2O2S+. The van der Waals surface area contributed by atoms with Crippen LogP contribution in [0.15, 0.2) is 18.2 Å². The fraction of sp³-hybridized carbons (Fsp3) is 0.500. The second-order valence-electron chi connectivity index (χ2n) is 5.19. The summed E-state index contributed by atoms with van der Waals surface area (Å²) in [6, 6.07) is 3.64. The van der Waals surface area contributed by atoms with Gasteiger partial charge in [0, 0.05) is 6.42 Å². The third-order valence-corrected chi connectivity index (χ3v) is 5.00. The van der Waals surface area contributed by atoms with Gasteiger partial charge in [-0.05, 0) is 32.9 Å². The van der Waals surface area contributed by atoms with Crippen molar-refractivity contribution in [1.82, 2.24) is 0 Å². The minimum atomic E-state index is -0.883. The molecule has 2 atom stereocenters. The Bertz CT molecular complexity index is 423. The smallest absolute Gasteiger partial charge is 0.152 e. The molecule has 2 unspecified atom stereocenters. The van der Waals surface area contributed by atoms with Crippen LogP contribution in [-0.4, -0.2) is 17.3 Å². The minimum absolute atomic E-state index is 0.0642. The van der Waals surface area contributed by atoms with E-state index in [4.69, 9.17) is 4.18 Å². The van der Waals surface area contributed by atoms with Crippen molar-refractivity contribution in [3.05, 3.63) is 35.4 Å². The summed E-state index contributed by atoms with van der Waals surface area (Å²) in [6.45, 7) is 5.93. The van der Waals surface area contributed by atoms with E-state index in [1.54, 1.807) is 0 Å². The van der Waals surface area contributed by atoms with E-state index < -0.39 is 28.9 Å². The molecule has 0 bridgehead atoms. The van der Waals surface area contributed by atoms with Crippen molar-refractivity contribution < 1.29 is 17.8 Å². The van der Waals surface area contributed by atoms with Crippen molar-refractivity contribution in [3.8, 4) is 0 Å². The zero-order valence-corrected chi connectivity index (χ0v) is 12.4. The first-order chi connectivity index (χ1) is 8.77. The Balaban J connectivity index is 3.04. The average molecular weight is 289 g/mol. The lowest BCUT2D eigenvalue weighted by Crippen LogP contribution is -2.31. The van der Waals surface area contributed by atoms with Crippen LogP contribution in [-0.2, 0) is 20.2 Å². The third-order valence-electron chi connectivity index (χ3n) is 2.75. The molecule has 0 saturated heterocycles. The van der Waals surface area contributed by atoms with E-state index in [1.807, 2.05) is 27.0 Å². The van der Waals surface area contributed by atoms with Crippen molar-refractivity contribution >= 4 is 17.5 Å². The molecule has 0 heterocycles. The monoisotopic (exact) mass is 289 g/mol. The van der Waals surface area contributed by atoms with Crippen molar-refractivity contribution in [2.24, 2.45) is 0 Å². The van der Waals surface area contributed by atoms with E-state index in [9.17, 15) is 13.6 Å². The Morgan fingerprint density at radius 1 is 1.32 bits per heavy atom. The molecule has 0 fully saturated rings. The molecule has 106 valence electrons. The first-order valence-corrected chi connectivity index (χ1v) is 7.54. The van der Waals surface area contributed by atoms with E-state index in [0.717, 1.165) is 0 Å². The minimum Gasteiger partial charge on any atom is -0.303 e. The highest BCUT2D eigenvalue weighted by atomic mass is 32.2. The Kier molecular flexibility index (Phi) is 5.50. The van der Waals surface area contributed by atoms with Crippen LogP contribution in [0, 0.1) is 11.6 Å². The topological polar surface area (TPSA) is 26.3 Å². The standard InChI is InChI=1S/C14H19F2O2S/c1-14(2,3)19(4)18-12(8-9-17)13-10(15)6-5-7-11(13)16/h5-7,9,12H,8H2,1-4H3/q+1. The summed E-state index contributed by atoms with van der Waals surface area (Å²) in [6.07, 6.45) is 1.53.